The summed E-state index contributed by atoms with van der Waals surface area (Å²) in [5, 5.41) is 11.2. The number of thioether (sulfide) groups is 1. The molecule has 2 amide bonds. The number of ether oxygens (including phenoxy) is 1. The van der Waals surface area contributed by atoms with Crippen LogP contribution in [-0.4, -0.2) is 41.4 Å². The maximum Gasteiger partial charge on any atom is 0.231 e. The van der Waals surface area contributed by atoms with Crippen molar-refractivity contribution in [3.8, 4) is 5.75 Å². The number of anilines is 2. The number of benzene rings is 1. The molecule has 1 aromatic carbocycles. The van der Waals surface area contributed by atoms with E-state index in [0.717, 1.165) is 15.8 Å². The zero-order valence-electron chi connectivity index (χ0n) is 13.9. The normalized spacial score (nSPS) is 17.0. The van der Waals surface area contributed by atoms with Crippen LogP contribution in [0.3, 0.4) is 0 Å². The molecule has 0 bridgehead atoms. The van der Waals surface area contributed by atoms with Gasteiger partial charge in [0.05, 0.1) is 13.0 Å². The fourth-order valence-corrected chi connectivity index (χ4v) is 4.21. The molecule has 2 heterocycles. The quantitative estimate of drug-likeness (QED) is 0.614. The Bertz CT molecular complexity index is 780. The molecule has 7 nitrogen and oxygen atoms in total. The van der Waals surface area contributed by atoms with Gasteiger partial charge in [-0.15, -0.1) is 10.2 Å². The van der Waals surface area contributed by atoms with E-state index in [4.69, 9.17) is 4.74 Å². The van der Waals surface area contributed by atoms with Gasteiger partial charge < -0.3 is 15.0 Å². The summed E-state index contributed by atoms with van der Waals surface area (Å²) < 4.78 is 6.01. The molecule has 1 N–H and O–H groups in total. The van der Waals surface area contributed by atoms with Gasteiger partial charge in [0.15, 0.2) is 4.34 Å². The Balaban J connectivity index is 1.65. The lowest BCUT2D eigenvalue weighted by Crippen LogP contribution is -2.28. The van der Waals surface area contributed by atoms with Crippen molar-refractivity contribution in [2.45, 2.75) is 17.7 Å². The minimum Gasteiger partial charge on any atom is -0.497 e. The van der Waals surface area contributed by atoms with Crippen LogP contribution >= 0.6 is 23.1 Å². The first-order valence-corrected chi connectivity index (χ1v) is 9.62. The van der Waals surface area contributed by atoms with E-state index >= 15 is 0 Å². The Kier molecular flexibility index (Phi) is 5.54. The monoisotopic (exact) mass is 378 g/mol. The van der Waals surface area contributed by atoms with Crippen LogP contribution in [0.25, 0.3) is 0 Å². The molecule has 25 heavy (non-hydrogen) atoms. The van der Waals surface area contributed by atoms with Gasteiger partial charge in [0.25, 0.3) is 0 Å². The topological polar surface area (TPSA) is 84.4 Å². The molecule has 1 atom stereocenters. The zero-order valence-corrected chi connectivity index (χ0v) is 15.5. The predicted molar refractivity (Wildman–Crippen MR) is 98.4 cm³/mol. The lowest BCUT2D eigenvalue weighted by atomic mass is 10.1. The molecule has 0 saturated carbocycles. The lowest BCUT2D eigenvalue weighted by molar-refractivity contribution is -0.122. The molecular weight excluding hydrogens is 360 g/mol. The zero-order chi connectivity index (χ0) is 17.8. The van der Waals surface area contributed by atoms with E-state index in [9.17, 15) is 9.59 Å². The number of hydrogen-bond acceptors (Lipinski definition) is 7. The Morgan fingerprint density at radius 1 is 1.48 bits per heavy atom. The summed E-state index contributed by atoms with van der Waals surface area (Å²) in [6, 6.07) is 7.26. The van der Waals surface area contributed by atoms with Gasteiger partial charge in [-0.1, -0.05) is 36.1 Å². The van der Waals surface area contributed by atoms with Crippen LogP contribution in [0.5, 0.6) is 5.75 Å². The highest BCUT2D eigenvalue weighted by Gasteiger charge is 2.35. The number of nitrogens with one attached hydrogen (secondary N) is 1. The standard InChI is InChI=1S/C16H18N4O3S2/c1-3-24-16-19-18-15(25-16)17-14(22)10-7-13(21)20(9-10)11-5-4-6-12(8-11)23-2/h4-6,8,10H,3,7,9H2,1-2H3,(H,17,18,22)/t10-/m1/s1. The first-order valence-electron chi connectivity index (χ1n) is 7.82. The molecule has 0 aliphatic carbocycles. The number of rotatable bonds is 6. The number of amides is 2. The molecule has 1 aromatic heterocycles. The molecule has 1 aliphatic rings. The van der Waals surface area contributed by atoms with Crippen molar-refractivity contribution >= 4 is 45.7 Å². The van der Waals surface area contributed by atoms with Crippen LogP contribution in [0.2, 0.25) is 0 Å². The minimum atomic E-state index is -0.412. The largest absolute Gasteiger partial charge is 0.497 e. The minimum absolute atomic E-state index is 0.0760. The molecule has 1 fully saturated rings. The highest BCUT2D eigenvalue weighted by molar-refractivity contribution is 8.01. The van der Waals surface area contributed by atoms with E-state index in [1.807, 2.05) is 25.1 Å². The number of methoxy groups -OCH3 is 1. The average Bonchev–Trinajstić information content (AvgIpc) is 3.22. The number of carbonyl (C=O) groups excluding carboxylic acids is 2. The Morgan fingerprint density at radius 3 is 3.08 bits per heavy atom. The van der Waals surface area contributed by atoms with E-state index in [-0.39, 0.29) is 18.2 Å². The van der Waals surface area contributed by atoms with Crippen molar-refractivity contribution in [1.82, 2.24) is 10.2 Å². The van der Waals surface area contributed by atoms with Gasteiger partial charge in [0, 0.05) is 24.7 Å². The van der Waals surface area contributed by atoms with Gasteiger partial charge in [0.1, 0.15) is 5.75 Å². The maximum atomic E-state index is 12.4. The predicted octanol–water partition coefficient (Wildman–Crippen LogP) is 2.65. The number of nitrogens with zero attached hydrogens (tertiary/aromatic N) is 3. The summed E-state index contributed by atoms with van der Waals surface area (Å²) in [6.07, 6.45) is 0.179. The van der Waals surface area contributed by atoms with Gasteiger partial charge in [-0.05, 0) is 17.9 Å². The van der Waals surface area contributed by atoms with Crippen molar-refractivity contribution in [1.29, 1.82) is 0 Å². The molecule has 1 aliphatic heterocycles. The van der Waals surface area contributed by atoms with Crippen molar-refractivity contribution in [2.24, 2.45) is 5.92 Å². The summed E-state index contributed by atoms with van der Waals surface area (Å²) in [5.74, 6) is 0.878. The molecule has 1 saturated heterocycles. The first kappa shape index (κ1) is 17.7. The van der Waals surface area contributed by atoms with Crippen LogP contribution in [0, 0.1) is 5.92 Å². The van der Waals surface area contributed by atoms with Crippen molar-refractivity contribution in [3.63, 3.8) is 0 Å². The van der Waals surface area contributed by atoms with Gasteiger partial charge in [-0.2, -0.15) is 0 Å². The van der Waals surface area contributed by atoms with Gasteiger partial charge >= 0.3 is 0 Å². The van der Waals surface area contributed by atoms with Crippen LogP contribution in [0.4, 0.5) is 10.8 Å². The number of aromatic nitrogens is 2. The Hall–Kier alpha value is -2.13. The van der Waals surface area contributed by atoms with E-state index in [1.165, 1.54) is 11.3 Å². The Morgan fingerprint density at radius 2 is 2.32 bits per heavy atom. The third-order valence-electron chi connectivity index (χ3n) is 3.77. The lowest BCUT2D eigenvalue weighted by Gasteiger charge is -2.17. The maximum absolute atomic E-state index is 12.4. The second-order valence-electron chi connectivity index (χ2n) is 5.40. The SMILES string of the molecule is CCSc1nnc(NC(=O)[C@@H]2CC(=O)N(c3cccc(OC)c3)C2)s1. The molecular formula is C16H18N4O3S2. The Labute approximate surface area is 153 Å². The van der Waals surface area contributed by atoms with E-state index < -0.39 is 5.92 Å². The van der Waals surface area contributed by atoms with Crippen molar-refractivity contribution < 1.29 is 14.3 Å². The summed E-state index contributed by atoms with van der Waals surface area (Å²) in [4.78, 5) is 26.4. The molecule has 9 heteroatoms. The summed E-state index contributed by atoms with van der Waals surface area (Å²) in [7, 11) is 1.58. The van der Waals surface area contributed by atoms with Gasteiger partial charge in [-0.25, -0.2) is 0 Å². The van der Waals surface area contributed by atoms with E-state index in [0.29, 0.717) is 17.4 Å². The van der Waals surface area contributed by atoms with Crippen molar-refractivity contribution in [2.75, 3.05) is 29.6 Å². The molecule has 0 spiro atoms. The average molecular weight is 378 g/mol. The van der Waals surface area contributed by atoms with Crippen LogP contribution in [0.15, 0.2) is 28.6 Å². The second kappa shape index (κ2) is 7.83. The van der Waals surface area contributed by atoms with Gasteiger partial charge in [-0.3, -0.25) is 9.59 Å². The number of carbonyl (C=O) groups is 2. The molecule has 0 radical (unpaired) electrons. The third-order valence-corrected chi connectivity index (χ3v) is 5.62. The highest BCUT2D eigenvalue weighted by atomic mass is 32.2. The fraction of sp³-hybridized carbons (Fsp3) is 0.375. The second-order valence-corrected chi connectivity index (χ2v) is 7.89. The molecule has 0 unspecified atom stereocenters. The third kappa shape index (κ3) is 4.10. The summed E-state index contributed by atoms with van der Waals surface area (Å²) in [6.45, 7) is 2.37. The highest BCUT2D eigenvalue weighted by Crippen LogP contribution is 2.29. The van der Waals surface area contributed by atoms with Crippen LogP contribution < -0.4 is 15.0 Å². The molecule has 2 aromatic rings. The summed E-state index contributed by atoms with van der Waals surface area (Å²) >= 11 is 2.92. The van der Waals surface area contributed by atoms with E-state index in [2.05, 4.69) is 15.5 Å². The van der Waals surface area contributed by atoms with Crippen molar-refractivity contribution in [3.05, 3.63) is 24.3 Å². The smallest absolute Gasteiger partial charge is 0.231 e. The first-order chi connectivity index (χ1) is 12.1. The fourth-order valence-electron chi connectivity index (χ4n) is 2.56. The molecule has 132 valence electrons. The van der Waals surface area contributed by atoms with E-state index in [1.54, 1.807) is 29.8 Å². The van der Waals surface area contributed by atoms with Crippen LogP contribution in [-0.2, 0) is 9.59 Å². The van der Waals surface area contributed by atoms with Gasteiger partial charge in [0.2, 0.25) is 16.9 Å². The number of hydrogen-bond donors (Lipinski definition) is 1. The summed E-state index contributed by atoms with van der Waals surface area (Å²) in [5.41, 5.74) is 0.734. The molecule has 3 rings (SSSR count). The van der Waals surface area contributed by atoms with Crippen LogP contribution in [0.1, 0.15) is 13.3 Å².